The SMILES string of the molecule is COc1ccc(CNC(=O)c2ccc(CSc3cc(C(C)(C)C)ccc3C)o2)cc1OC. The molecule has 0 aliphatic carbocycles. The maximum Gasteiger partial charge on any atom is 0.287 e. The third-order valence-corrected chi connectivity index (χ3v) is 6.39. The van der Waals surface area contributed by atoms with Crippen LogP contribution < -0.4 is 14.8 Å². The predicted molar refractivity (Wildman–Crippen MR) is 129 cm³/mol. The van der Waals surface area contributed by atoms with Gasteiger partial charge in [-0.1, -0.05) is 39.0 Å². The van der Waals surface area contributed by atoms with Gasteiger partial charge in [0.05, 0.1) is 20.0 Å². The summed E-state index contributed by atoms with van der Waals surface area (Å²) in [5.41, 5.74) is 3.56. The number of carbonyl (C=O) groups excluding carboxylic acids is 1. The number of thioether (sulfide) groups is 1. The molecule has 0 spiro atoms. The quantitative estimate of drug-likeness (QED) is 0.416. The Bertz CT molecular complexity index is 1080. The van der Waals surface area contributed by atoms with Crippen molar-refractivity contribution in [1.82, 2.24) is 5.32 Å². The summed E-state index contributed by atoms with van der Waals surface area (Å²) in [5.74, 6) is 2.77. The first-order valence-electron chi connectivity index (χ1n) is 10.5. The number of amides is 1. The second-order valence-corrected chi connectivity index (χ2v) is 9.67. The maximum absolute atomic E-state index is 12.5. The first-order valence-corrected chi connectivity index (χ1v) is 11.5. The predicted octanol–water partition coefficient (Wildman–Crippen LogP) is 6.13. The van der Waals surface area contributed by atoms with Crippen molar-refractivity contribution in [2.75, 3.05) is 14.2 Å². The summed E-state index contributed by atoms with van der Waals surface area (Å²) < 4.78 is 16.4. The van der Waals surface area contributed by atoms with Gasteiger partial charge in [0.25, 0.3) is 5.91 Å². The minimum absolute atomic E-state index is 0.104. The molecule has 3 aromatic rings. The number of ether oxygens (including phenoxy) is 2. The molecule has 5 nitrogen and oxygen atoms in total. The van der Waals surface area contributed by atoms with Crippen molar-refractivity contribution in [2.24, 2.45) is 0 Å². The number of carbonyl (C=O) groups is 1. The van der Waals surface area contributed by atoms with Crippen LogP contribution in [0.2, 0.25) is 0 Å². The number of rotatable bonds is 8. The lowest BCUT2D eigenvalue weighted by molar-refractivity contribution is 0.0921. The Hall–Kier alpha value is -2.86. The molecule has 0 unspecified atom stereocenters. The van der Waals surface area contributed by atoms with Crippen molar-refractivity contribution in [2.45, 2.75) is 50.3 Å². The standard InChI is InChI=1S/C26H31NO4S/c1-17-7-9-19(26(2,3)4)14-24(17)32-16-20-10-12-22(31-20)25(28)27-15-18-8-11-21(29-5)23(13-18)30-6/h7-14H,15-16H2,1-6H3,(H,27,28). The van der Waals surface area contributed by atoms with Gasteiger partial charge in [-0.2, -0.15) is 0 Å². The van der Waals surface area contributed by atoms with E-state index in [0.29, 0.717) is 29.6 Å². The molecule has 1 N–H and O–H groups in total. The number of benzene rings is 2. The van der Waals surface area contributed by atoms with Crippen molar-refractivity contribution < 1.29 is 18.7 Å². The summed E-state index contributed by atoms with van der Waals surface area (Å²) in [6, 6.07) is 15.7. The van der Waals surface area contributed by atoms with E-state index in [-0.39, 0.29) is 11.3 Å². The van der Waals surface area contributed by atoms with Crippen LogP contribution in [-0.2, 0) is 17.7 Å². The summed E-state index contributed by atoms with van der Waals surface area (Å²) >= 11 is 1.72. The molecule has 0 fully saturated rings. The molecule has 1 heterocycles. The lowest BCUT2D eigenvalue weighted by atomic mass is 9.87. The highest BCUT2D eigenvalue weighted by Gasteiger charge is 2.16. The highest BCUT2D eigenvalue weighted by molar-refractivity contribution is 7.98. The first-order chi connectivity index (χ1) is 15.2. The molecule has 3 rings (SSSR count). The molecule has 32 heavy (non-hydrogen) atoms. The molecule has 0 saturated carbocycles. The van der Waals surface area contributed by atoms with Crippen LogP contribution in [0.4, 0.5) is 0 Å². The topological polar surface area (TPSA) is 60.7 Å². The smallest absolute Gasteiger partial charge is 0.287 e. The fraction of sp³-hybridized carbons (Fsp3) is 0.346. The summed E-state index contributed by atoms with van der Waals surface area (Å²) in [6.07, 6.45) is 0. The van der Waals surface area contributed by atoms with Crippen LogP contribution in [0, 0.1) is 6.92 Å². The minimum Gasteiger partial charge on any atom is -0.493 e. The minimum atomic E-state index is -0.248. The van der Waals surface area contributed by atoms with Gasteiger partial charge < -0.3 is 19.2 Å². The summed E-state index contributed by atoms with van der Waals surface area (Å²) in [4.78, 5) is 13.8. The number of methoxy groups -OCH3 is 2. The molecule has 1 aromatic heterocycles. The number of nitrogens with one attached hydrogen (secondary N) is 1. The maximum atomic E-state index is 12.5. The van der Waals surface area contributed by atoms with Crippen molar-refractivity contribution in [1.29, 1.82) is 0 Å². The van der Waals surface area contributed by atoms with Crippen LogP contribution in [0.15, 0.2) is 57.8 Å². The van der Waals surface area contributed by atoms with Gasteiger partial charge in [0.15, 0.2) is 17.3 Å². The zero-order chi connectivity index (χ0) is 23.3. The molecule has 6 heteroatoms. The van der Waals surface area contributed by atoms with E-state index < -0.39 is 0 Å². The monoisotopic (exact) mass is 453 g/mol. The summed E-state index contributed by atoms with van der Waals surface area (Å²) in [6.45, 7) is 9.12. The number of aryl methyl sites for hydroxylation is 1. The van der Waals surface area contributed by atoms with Crippen LogP contribution in [0.5, 0.6) is 11.5 Å². The second kappa shape index (κ2) is 10.2. The Morgan fingerprint density at radius 2 is 1.75 bits per heavy atom. The van der Waals surface area contributed by atoms with Crippen LogP contribution in [0.25, 0.3) is 0 Å². The molecule has 0 aliphatic rings. The fourth-order valence-corrected chi connectivity index (χ4v) is 4.17. The van der Waals surface area contributed by atoms with Crippen LogP contribution in [0.1, 0.15) is 53.8 Å². The average molecular weight is 454 g/mol. The van der Waals surface area contributed by atoms with E-state index >= 15 is 0 Å². The van der Waals surface area contributed by atoms with Gasteiger partial charge in [0, 0.05) is 11.4 Å². The summed E-state index contributed by atoms with van der Waals surface area (Å²) in [7, 11) is 3.18. The van der Waals surface area contributed by atoms with Gasteiger partial charge in [-0.25, -0.2) is 0 Å². The Morgan fingerprint density at radius 1 is 1.00 bits per heavy atom. The van der Waals surface area contributed by atoms with Crippen molar-refractivity contribution in [3.63, 3.8) is 0 Å². The molecule has 0 bridgehead atoms. The van der Waals surface area contributed by atoms with Gasteiger partial charge >= 0.3 is 0 Å². The zero-order valence-electron chi connectivity index (χ0n) is 19.6. The molecule has 0 aliphatic heterocycles. The normalized spacial score (nSPS) is 11.3. The molecule has 1 amide bonds. The Kier molecular flexibility index (Phi) is 7.56. The van der Waals surface area contributed by atoms with Crippen molar-refractivity contribution in [3.8, 4) is 11.5 Å². The van der Waals surface area contributed by atoms with Crippen LogP contribution >= 0.6 is 11.8 Å². The van der Waals surface area contributed by atoms with Gasteiger partial charge in [0.2, 0.25) is 0 Å². The number of furan rings is 1. The molecule has 2 aromatic carbocycles. The number of hydrogen-bond donors (Lipinski definition) is 1. The van der Waals surface area contributed by atoms with Gasteiger partial charge in [-0.05, 0) is 59.4 Å². The van der Waals surface area contributed by atoms with E-state index in [1.54, 1.807) is 32.0 Å². The largest absolute Gasteiger partial charge is 0.493 e. The van der Waals surface area contributed by atoms with E-state index in [0.717, 1.165) is 11.3 Å². The molecular weight excluding hydrogens is 422 g/mol. The molecule has 0 saturated heterocycles. The highest BCUT2D eigenvalue weighted by Crippen LogP contribution is 2.32. The Labute approximate surface area is 194 Å². The Balaban J connectivity index is 1.59. The zero-order valence-corrected chi connectivity index (χ0v) is 20.4. The lowest BCUT2D eigenvalue weighted by Crippen LogP contribution is -2.22. The molecule has 0 radical (unpaired) electrons. The molecule has 170 valence electrons. The van der Waals surface area contributed by atoms with Crippen molar-refractivity contribution >= 4 is 17.7 Å². The van der Waals surface area contributed by atoms with E-state index in [2.05, 4.69) is 51.2 Å². The third kappa shape index (κ3) is 5.88. The summed E-state index contributed by atoms with van der Waals surface area (Å²) in [5, 5.41) is 2.89. The van der Waals surface area contributed by atoms with Crippen LogP contribution in [-0.4, -0.2) is 20.1 Å². The Morgan fingerprint density at radius 3 is 2.44 bits per heavy atom. The van der Waals surface area contributed by atoms with Gasteiger partial charge in [-0.15, -0.1) is 11.8 Å². The van der Waals surface area contributed by atoms with Crippen molar-refractivity contribution in [3.05, 3.63) is 76.7 Å². The highest BCUT2D eigenvalue weighted by atomic mass is 32.2. The van der Waals surface area contributed by atoms with E-state index in [4.69, 9.17) is 13.9 Å². The first kappa shape index (κ1) is 23.8. The third-order valence-electron chi connectivity index (χ3n) is 5.21. The number of hydrogen-bond acceptors (Lipinski definition) is 5. The van der Waals surface area contributed by atoms with E-state index in [1.807, 2.05) is 24.3 Å². The lowest BCUT2D eigenvalue weighted by Gasteiger charge is -2.20. The van der Waals surface area contributed by atoms with E-state index in [9.17, 15) is 4.79 Å². The molecule has 0 atom stereocenters. The van der Waals surface area contributed by atoms with Crippen LogP contribution in [0.3, 0.4) is 0 Å². The van der Waals surface area contributed by atoms with E-state index in [1.165, 1.54) is 16.0 Å². The fourth-order valence-electron chi connectivity index (χ4n) is 3.21. The van der Waals surface area contributed by atoms with Gasteiger partial charge in [-0.3, -0.25) is 4.79 Å². The molecular formula is C26H31NO4S. The second-order valence-electron chi connectivity index (χ2n) is 8.66. The van der Waals surface area contributed by atoms with Gasteiger partial charge in [0.1, 0.15) is 5.76 Å². The average Bonchev–Trinajstić information content (AvgIpc) is 3.25.